The van der Waals surface area contributed by atoms with Crippen LogP contribution in [0.4, 0.5) is 0 Å². The van der Waals surface area contributed by atoms with Crippen LogP contribution < -0.4 is 5.32 Å². The Balaban J connectivity index is 1.49. The van der Waals surface area contributed by atoms with Crippen molar-refractivity contribution in [2.75, 3.05) is 32.8 Å². The molecule has 6 nitrogen and oxygen atoms in total. The number of hydrogen-bond acceptors (Lipinski definition) is 6. The third kappa shape index (κ3) is 3.42. The normalized spacial score (nSPS) is 16.8. The summed E-state index contributed by atoms with van der Waals surface area (Å²) in [4.78, 5) is 18.2. The van der Waals surface area contributed by atoms with Gasteiger partial charge in [0.15, 0.2) is 0 Å². The summed E-state index contributed by atoms with van der Waals surface area (Å²) >= 11 is 3.23. The van der Waals surface area contributed by atoms with E-state index in [0.717, 1.165) is 47.1 Å². The Bertz CT molecular complexity index is 859. The first kappa shape index (κ1) is 17.7. The molecule has 4 rings (SSSR count). The Morgan fingerprint density at radius 1 is 1.42 bits per heavy atom. The second-order valence-electron chi connectivity index (χ2n) is 6.43. The van der Waals surface area contributed by atoms with E-state index in [1.54, 1.807) is 11.3 Å². The average Bonchev–Trinajstić information content (AvgIpc) is 3.36. The van der Waals surface area contributed by atoms with E-state index < -0.39 is 0 Å². The number of hydrogen-bond donors (Lipinski definition) is 1. The van der Waals surface area contributed by atoms with Crippen LogP contribution in [0.1, 0.15) is 26.3 Å². The van der Waals surface area contributed by atoms with Crippen LogP contribution >= 0.6 is 22.7 Å². The lowest BCUT2D eigenvalue weighted by Gasteiger charge is -2.34. The van der Waals surface area contributed by atoms with Gasteiger partial charge in [0, 0.05) is 36.9 Å². The summed E-state index contributed by atoms with van der Waals surface area (Å²) in [6.45, 7) is 5.86. The summed E-state index contributed by atoms with van der Waals surface area (Å²) in [5.74, 6) is -0.0135. The number of rotatable bonds is 5. The van der Waals surface area contributed by atoms with Crippen LogP contribution in [0.2, 0.25) is 0 Å². The third-order valence-electron chi connectivity index (χ3n) is 4.73. The van der Waals surface area contributed by atoms with E-state index >= 15 is 0 Å². The Hall–Kier alpha value is -1.74. The van der Waals surface area contributed by atoms with Crippen LogP contribution in [-0.4, -0.2) is 53.4 Å². The van der Waals surface area contributed by atoms with Gasteiger partial charge < -0.3 is 10.1 Å². The van der Waals surface area contributed by atoms with Crippen molar-refractivity contribution in [2.45, 2.75) is 13.0 Å². The molecule has 1 N–H and O–H groups in total. The summed E-state index contributed by atoms with van der Waals surface area (Å²) in [7, 11) is 1.92. The number of thiophene rings is 2. The molecule has 1 amide bonds. The molecule has 0 aromatic carbocycles. The summed E-state index contributed by atoms with van der Waals surface area (Å²) in [6.07, 6.45) is 0. The fraction of sp³-hybridized carbons (Fsp3) is 0.444. The summed E-state index contributed by atoms with van der Waals surface area (Å²) in [5.41, 5.74) is 0.961. The largest absolute Gasteiger partial charge is 0.379 e. The lowest BCUT2D eigenvalue weighted by Crippen LogP contribution is -2.43. The van der Waals surface area contributed by atoms with Gasteiger partial charge >= 0.3 is 0 Å². The van der Waals surface area contributed by atoms with E-state index in [1.165, 1.54) is 16.2 Å². The van der Waals surface area contributed by atoms with Gasteiger partial charge in [-0.3, -0.25) is 14.4 Å². The predicted octanol–water partition coefficient (Wildman–Crippen LogP) is 2.81. The molecule has 0 aliphatic carbocycles. The molecule has 1 aliphatic heterocycles. The maximum Gasteiger partial charge on any atom is 0.261 e. The summed E-state index contributed by atoms with van der Waals surface area (Å²) in [5, 5.41) is 10.7. The van der Waals surface area contributed by atoms with E-state index in [2.05, 4.69) is 32.8 Å². The molecule has 1 saturated heterocycles. The van der Waals surface area contributed by atoms with Crippen LogP contribution in [0.25, 0.3) is 10.2 Å². The molecular weight excluding hydrogens is 368 g/mol. The minimum atomic E-state index is -0.0135. The van der Waals surface area contributed by atoms with Crippen molar-refractivity contribution in [1.29, 1.82) is 0 Å². The van der Waals surface area contributed by atoms with Crippen molar-refractivity contribution in [3.8, 4) is 0 Å². The van der Waals surface area contributed by atoms with Crippen molar-refractivity contribution in [3.05, 3.63) is 39.0 Å². The number of nitrogens with zero attached hydrogens (tertiary/aromatic N) is 3. The van der Waals surface area contributed by atoms with Crippen LogP contribution in [0.5, 0.6) is 0 Å². The van der Waals surface area contributed by atoms with Crippen LogP contribution in [0.15, 0.2) is 23.6 Å². The van der Waals surface area contributed by atoms with Gasteiger partial charge in [0.2, 0.25) is 0 Å². The van der Waals surface area contributed by atoms with Gasteiger partial charge in [-0.05, 0) is 24.4 Å². The van der Waals surface area contributed by atoms with E-state index in [1.807, 2.05) is 24.7 Å². The van der Waals surface area contributed by atoms with Crippen LogP contribution in [-0.2, 0) is 11.8 Å². The maximum atomic E-state index is 12.7. The second-order valence-corrected chi connectivity index (χ2v) is 8.44. The van der Waals surface area contributed by atoms with Gasteiger partial charge in [0.05, 0.1) is 29.8 Å². The number of ether oxygens (including phenoxy) is 1. The Labute approximate surface area is 160 Å². The number of fused-ring (bicyclic) bond motifs is 1. The fourth-order valence-corrected chi connectivity index (χ4v) is 5.27. The number of aromatic nitrogens is 2. The molecule has 0 radical (unpaired) electrons. The van der Waals surface area contributed by atoms with Crippen molar-refractivity contribution in [3.63, 3.8) is 0 Å². The van der Waals surface area contributed by atoms with E-state index in [-0.39, 0.29) is 11.9 Å². The molecule has 4 heterocycles. The number of morpholine rings is 1. The number of carbonyl (C=O) groups is 1. The highest BCUT2D eigenvalue weighted by molar-refractivity contribution is 7.20. The molecule has 3 aromatic rings. The van der Waals surface area contributed by atoms with Gasteiger partial charge in [0.1, 0.15) is 4.83 Å². The Morgan fingerprint density at radius 3 is 2.92 bits per heavy atom. The highest BCUT2D eigenvalue weighted by Gasteiger charge is 2.24. The highest BCUT2D eigenvalue weighted by Crippen LogP contribution is 2.28. The topological polar surface area (TPSA) is 59.4 Å². The Morgan fingerprint density at radius 2 is 2.23 bits per heavy atom. The molecule has 26 heavy (non-hydrogen) atoms. The molecule has 0 saturated carbocycles. The molecule has 1 atom stereocenters. The van der Waals surface area contributed by atoms with Crippen molar-refractivity contribution in [2.24, 2.45) is 7.05 Å². The van der Waals surface area contributed by atoms with Gasteiger partial charge in [-0.1, -0.05) is 6.07 Å². The van der Waals surface area contributed by atoms with Gasteiger partial charge in [-0.25, -0.2) is 0 Å². The van der Waals surface area contributed by atoms with Crippen molar-refractivity contribution < 1.29 is 9.53 Å². The van der Waals surface area contributed by atoms with Crippen molar-refractivity contribution in [1.82, 2.24) is 20.0 Å². The molecular formula is C18H22N4O2S2. The fourth-order valence-electron chi connectivity index (χ4n) is 3.37. The molecule has 138 valence electrons. The standard InChI is InChI=1S/C18H22N4O2S2/c1-12-13-10-16(26-18(13)21(2)20-12)17(23)19-11-14(15-4-3-9-25-15)22-5-7-24-8-6-22/h3-4,9-10,14H,5-8,11H2,1-2H3,(H,19,23). The molecule has 1 aliphatic rings. The zero-order valence-corrected chi connectivity index (χ0v) is 16.5. The maximum absolute atomic E-state index is 12.7. The first-order chi connectivity index (χ1) is 12.6. The zero-order chi connectivity index (χ0) is 18.1. The molecule has 1 fully saturated rings. The molecule has 1 unspecified atom stereocenters. The van der Waals surface area contributed by atoms with Gasteiger partial charge in [-0.2, -0.15) is 5.10 Å². The van der Waals surface area contributed by atoms with Gasteiger partial charge in [0.25, 0.3) is 5.91 Å². The monoisotopic (exact) mass is 390 g/mol. The van der Waals surface area contributed by atoms with E-state index in [9.17, 15) is 4.79 Å². The van der Waals surface area contributed by atoms with E-state index in [0.29, 0.717) is 6.54 Å². The van der Waals surface area contributed by atoms with Crippen LogP contribution in [0.3, 0.4) is 0 Å². The molecule has 3 aromatic heterocycles. The first-order valence-corrected chi connectivity index (χ1v) is 10.4. The number of carbonyl (C=O) groups excluding carboxylic acids is 1. The third-order valence-corrected chi connectivity index (χ3v) is 6.91. The minimum Gasteiger partial charge on any atom is -0.379 e. The Kier molecular flexibility index (Phi) is 5.08. The average molecular weight is 391 g/mol. The van der Waals surface area contributed by atoms with Crippen LogP contribution in [0, 0.1) is 6.92 Å². The zero-order valence-electron chi connectivity index (χ0n) is 14.9. The minimum absolute atomic E-state index is 0.0135. The summed E-state index contributed by atoms with van der Waals surface area (Å²) in [6, 6.07) is 6.36. The van der Waals surface area contributed by atoms with E-state index in [4.69, 9.17) is 4.74 Å². The quantitative estimate of drug-likeness (QED) is 0.728. The molecule has 8 heteroatoms. The first-order valence-electron chi connectivity index (χ1n) is 8.70. The smallest absolute Gasteiger partial charge is 0.261 e. The van der Waals surface area contributed by atoms with Crippen molar-refractivity contribution >= 4 is 38.8 Å². The second kappa shape index (κ2) is 7.48. The van der Waals surface area contributed by atoms with Gasteiger partial charge in [-0.15, -0.1) is 22.7 Å². The summed E-state index contributed by atoms with van der Waals surface area (Å²) < 4.78 is 7.32. The SMILES string of the molecule is Cc1nn(C)c2sc(C(=O)NCC(c3cccs3)N3CCOCC3)cc12. The predicted molar refractivity (Wildman–Crippen MR) is 105 cm³/mol. The lowest BCUT2D eigenvalue weighted by molar-refractivity contribution is 0.0169. The number of aryl methyl sites for hydroxylation is 2. The highest BCUT2D eigenvalue weighted by atomic mass is 32.1. The lowest BCUT2D eigenvalue weighted by atomic mass is 10.2. The molecule has 0 spiro atoms. The number of amides is 1. The number of nitrogens with one attached hydrogen (secondary N) is 1. The molecule has 0 bridgehead atoms.